The van der Waals surface area contributed by atoms with Crippen LogP contribution in [-0.2, 0) is 17.8 Å². The molecule has 1 saturated carbocycles. The molecule has 0 atom stereocenters. The Morgan fingerprint density at radius 1 is 1.11 bits per heavy atom. The van der Waals surface area contributed by atoms with Gasteiger partial charge in [-0.3, -0.25) is 0 Å². The number of likely N-dealkylation sites (tertiary alicyclic amines) is 1. The zero-order valence-electron chi connectivity index (χ0n) is 20.3. The minimum atomic E-state index is -0.576. The second-order valence-corrected chi connectivity index (χ2v) is 11.2. The van der Waals surface area contributed by atoms with Crippen LogP contribution in [0.1, 0.15) is 44.9 Å². The highest BCUT2D eigenvalue weighted by atomic mass is 35.5. The zero-order chi connectivity index (χ0) is 25.8. The highest BCUT2D eigenvalue weighted by Gasteiger charge is 2.37. The van der Waals surface area contributed by atoms with Gasteiger partial charge in [0, 0.05) is 16.6 Å². The van der Waals surface area contributed by atoms with E-state index in [9.17, 15) is 9.59 Å². The van der Waals surface area contributed by atoms with Crippen molar-refractivity contribution in [2.75, 3.05) is 18.8 Å². The Hall–Kier alpha value is -2.98. The van der Waals surface area contributed by atoms with Crippen LogP contribution in [0.5, 0.6) is 5.75 Å². The predicted molar refractivity (Wildman–Crippen MR) is 135 cm³/mol. The lowest BCUT2D eigenvalue weighted by molar-refractivity contribution is -0.0220. The molecule has 1 aliphatic carbocycles. The van der Waals surface area contributed by atoms with Crippen molar-refractivity contribution in [3.8, 4) is 17.0 Å². The monoisotopic (exact) mass is 534 g/mol. The molecule has 192 valence electrons. The summed E-state index contributed by atoms with van der Waals surface area (Å²) < 4.78 is 11.6. The Bertz CT molecular complexity index is 1220. The molecule has 3 heterocycles. The third-order valence-electron chi connectivity index (χ3n) is 6.04. The number of urea groups is 1. The summed E-state index contributed by atoms with van der Waals surface area (Å²) in [6.45, 7) is 6.82. The second kappa shape index (κ2) is 9.15. The summed E-state index contributed by atoms with van der Waals surface area (Å²) in [7, 11) is 0. The molecule has 36 heavy (non-hydrogen) atoms. The number of nitrogen functional groups attached to an aromatic ring is 1. The largest absolute Gasteiger partial charge is 0.486 e. The maximum Gasteiger partial charge on any atom is 0.410 e. The van der Waals surface area contributed by atoms with Gasteiger partial charge in [-0.2, -0.15) is 0 Å². The van der Waals surface area contributed by atoms with E-state index in [1.54, 1.807) is 21.9 Å². The molecule has 2 fully saturated rings. The van der Waals surface area contributed by atoms with E-state index in [1.807, 2.05) is 20.8 Å². The fraction of sp³-hybridized carbons (Fsp3) is 0.500. The minimum absolute atomic E-state index is 0.0740. The van der Waals surface area contributed by atoms with Crippen molar-refractivity contribution in [1.82, 2.24) is 25.1 Å². The summed E-state index contributed by atoms with van der Waals surface area (Å²) in [6.07, 6.45) is 1.33. The van der Waals surface area contributed by atoms with Gasteiger partial charge in [-0.15, -0.1) is 0 Å². The first-order chi connectivity index (χ1) is 17.0. The lowest BCUT2D eigenvalue weighted by Gasteiger charge is -2.39. The molecular formula is C24H28Cl2N6O4. The summed E-state index contributed by atoms with van der Waals surface area (Å²) in [5, 5.41) is 3.73. The molecule has 2 aromatic rings. The van der Waals surface area contributed by atoms with Crippen LogP contribution in [-0.4, -0.2) is 62.7 Å². The molecule has 0 radical (unpaired) electrons. The molecule has 1 aromatic heterocycles. The lowest BCUT2D eigenvalue weighted by Crippen LogP contribution is -2.57. The number of carbonyl (C=O) groups is 2. The first-order valence-electron chi connectivity index (χ1n) is 11.8. The van der Waals surface area contributed by atoms with Crippen LogP contribution in [0.3, 0.4) is 0 Å². The Balaban J connectivity index is 1.39. The van der Waals surface area contributed by atoms with Crippen LogP contribution >= 0.6 is 23.2 Å². The van der Waals surface area contributed by atoms with Gasteiger partial charge in [0.25, 0.3) is 0 Å². The molecule has 10 nitrogen and oxygen atoms in total. The normalized spacial score (nSPS) is 17.5. The highest BCUT2D eigenvalue weighted by Crippen LogP contribution is 2.43. The highest BCUT2D eigenvalue weighted by molar-refractivity contribution is 6.37. The van der Waals surface area contributed by atoms with E-state index in [0.717, 1.165) is 18.4 Å². The number of anilines is 1. The van der Waals surface area contributed by atoms with Crippen molar-refractivity contribution in [2.45, 2.75) is 64.4 Å². The molecule has 12 heteroatoms. The standard InChI is InChI=1S/C24H28Cl2N6O4/c1-24(2,3)36-23(34)32-8-14(9-32)35-18-7-12(25)6-16(26)19(18)20-15-10-31(22(33)28-13-4-5-13)11-17(15)29-21(27)30-20/h6-7,13-14H,4-5,8-11H2,1-3H3,(H,28,33)(H2,27,29,30). The number of nitrogens with zero attached hydrogens (tertiary/aromatic N) is 4. The number of hydrogen-bond donors (Lipinski definition) is 2. The van der Waals surface area contributed by atoms with Crippen molar-refractivity contribution in [1.29, 1.82) is 0 Å². The number of nitrogens with one attached hydrogen (secondary N) is 1. The van der Waals surface area contributed by atoms with Crippen LogP contribution < -0.4 is 15.8 Å². The van der Waals surface area contributed by atoms with Gasteiger partial charge in [0.1, 0.15) is 17.5 Å². The summed E-state index contributed by atoms with van der Waals surface area (Å²) in [4.78, 5) is 37.1. The smallest absolute Gasteiger partial charge is 0.410 e. The molecule has 3 amide bonds. The number of nitrogens with two attached hydrogens (primary N) is 1. The number of fused-ring (bicyclic) bond motifs is 1. The average Bonchev–Trinajstić information content (AvgIpc) is 3.43. The molecule has 1 saturated heterocycles. The summed E-state index contributed by atoms with van der Waals surface area (Å²) in [6, 6.07) is 3.37. The molecular weight excluding hydrogens is 507 g/mol. The van der Waals surface area contributed by atoms with Crippen molar-refractivity contribution in [2.24, 2.45) is 0 Å². The van der Waals surface area contributed by atoms with Gasteiger partial charge in [0.15, 0.2) is 0 Å². The van der Waals surface area contributed by atoms with Gasteiger partial charge < -0.3 is 30.3 Å². The molecule has 5 rings (SSSR count). The molecule has 0 unspecified atom stereocenters. The van der Waals surface area contributed by atoms with Gasteiger partial charge in [0.2, 0.25) is 5.95 Å². The quantitative estimate of drug-likeness (QED) is 0.601. The molecule has 1 aromatic carbocycles. The van der Waals surface area contributed by atoms with Crippen LogP contribution in [0.25, 0.3) is 11.3 Å². The topological polar surface area (TPSA) is 123 Å². The molecule has 3 aliphatic rings. The number of aromatic nitrogens is 2. The van der Waals surface area contributed by atoms with Gasteiger partial charge in [0.05, 0.1) is 48.2 Å². The third kappa shape index (κ3) is 5.24. The maximum atomic E-state index is 12.7. The number of rotatable bonds is 4. The molecule has 0 spiro atoms. The Labute approximate surface area is 219 Å². The predicted octanol–water partition coefficient (Wildman–Crippen LogP) is 4.22. The van der Waals surface area contributed by atoms with Crippen LogP contribution in [0.2, 0.25) is 10.0 Å². The average molecular weight is 535 g/mol. The van der Waals surface area contributed by atoms with Crippen LogP contribution in [0.4, 0.5) is 15.5 Å². The third-order valence-corrected chi connectivity index (χ3v) is 6.56. The van der Waals surface area contributed by atoms with Crippen LogP contribution in [0, 0.1) is 0 Å². The fourth-order valence-corrected chi connectivity index (χ4v) is 4.72. The number of ether oxygens (including phenoxy) is 2. The van der Waals surface area contributed by atoms with Crippen molar-refractivity contribution in [3.05, 3.63) is 33.4 Å². The number of halogens is 2. The number of carbonyl (C=O) groups excluding carboxylic acids is 2. The zero-order valence-corrected chi connectivity index (χ0v) is 21.8. The summed E-state index contributed by atoms with van der Waals surface area (Å²) >= 11 is 13.0. The Morgan fingerprint density at radius 3 is 2.50 bits per heavy atom. The fourth-order valence-electron chi connectivity index (χ4n) is 4.16. The van der Waals surface area contributed by atoms with E-state index in [2.05, 4.69) is 15.3 Å². The van der Waals surface area contributed by atoms with Gasteiger partial charge in [-0.25, -0.2) is 19.6 Å². The lowest BCUT2D eigenvalue weighted by atomic mass is 10.0. The number of amides is 3. The molecule has 3 N–H and O–H groups in total. The first kappa shape index (κ1) is 24.7. The minimum Gasteiger partial charge on any atom is -0.486 e. The number of hydrogen-bond acceptors (Lipinski definition) is 7. The summed E-state index contributed by atoms with van der Waals surface area (Å²) in [5.41, 5.74) is 7.91. The molecule has 2 aliphatic heterocycles. The molecule has 0 bridgehead atoms. The Kier molecular flexibility index (Phi) is 6.28. The van der Waals surface area contributed by atoms with E-state index in [4.69, 9.17) is 38.4 Å². The van der Waals surface area contributed by atoms with Gasteiger partial charge in [-0.05, 0) is 45.7 Å². The van der Waals surface area contributed by atoms with E-state index < -0.39 is 11.7 Å². The van der Waals surface area contributed by atoms with Crippen molar-refractivity contribution in [3.63, 3.8) is 0 Å². The SMILES string of the molecule is CC(C)(C)OC(=O)N1CC(Oc2cc(Cl)cc(Cl)c2-c2nc(N)nc3c2CN(C(=O)NC2CC2)C3)C1. The number of benzene rings is 1. The Morgan fingerprint density at radius 2 is 1.83 bits per heavy atom. The van der Waals surface area contributed by atoms with E-state index in [-0.39, 0.29) is 24.1 Å². The van der Waals surface area contributed by atoms with E-state index in [1.165, 1.54) is 0 Å². The van der Waals surface area contributed by atoms with E-state index in [0.29, 0.717) is 58.9 Å². The maximum absolute atomic E-state index is 12.7. The second-order valence-electron chi connectivity index (χ2n) is 10.3. The van der Waals surface area contributed by atoms with E-state index >= 15 is 0 Å². The van der Waals surface area contributed by atoms with Crippen molar-refractivity contribution >= 4 is 41.3 Å². The van der Waals surface area contributed by atoms with Gasteiger partial charge in [-0.1, -0.05) is 23.2 Å². The first-order valence-corrected chi connectivity index (χ1v) is 12.6. The van der Waals surface area contributed by atoms with Gasteiger partial charge >= 0.3 is 12.1 Å². The van der Waals surface area contributed by atoms with Crippen LogP contribution in [0.15, 0.2) is 12.1 Å². The summed E-state index contributed by atoms with van der Waals surface area (Å²) in [5.74, 6) is 0.493. The van der Waals surface area contributed by atoms with Crippen molar-refractivity contribution < 1.29 is 19.1 Å².